The average molecular weight is 241 g/mol. The van der Waals surface area contributed by atoms with Crippen molar-refractivity contribution in [3.63, 3.8) is 0 Å². The van der Waals surface area contributed by atoms with Crippen molar-refractivity contribution >= 4 is 38.9 Å². The Hall–Kier alpha value is -1.47. The van der Waals surface area contributed by atoms with Crippen molar-refractivity contribution in [3.8, 4) is 0 Å². The maximum absolute atomic E-state index is 10.6. The van der Waals surface area contributed by atoms with Crippen molar-refractivity contribution in [2.45, 2.75) is 6.92 Å². The number of aryl methyl sites for hydroxylation is 1. The number of aromatic carboxylic acids is 1. The number of carboxylic acid groups (broad SMARTS) is 1. The topological polar surface area (TPSA) is 75.1 Å². The number of nitrogens with one attached hydrogen (secondary N) is 1. The minimum absolute atomic E-state index is 0.214. The Balaban J connectivity index is 2.14. The molecular weight excluding hydrogens is 234 g/mol. The summed E-state index contributed by atoms with van der Waals surface area (Å²) >= 11 is 2.59. The van der Waals surface area contributed by atoms with E-state index in [4.69, 9.17) is 5.11 Å². The smallest absolute Gasteiger partial charge is 0.347 e. The molecule has 0 aliphatic rings. The Kier molecular flexibility index (Phi) is 2.65. The van der Waals surface area contributed by atoms with Crippen LogP contribution in [0.15, 0.2) is 12.4 Å². The number of hydrogen-bond donors (Lipinski definition) is 2. The molecule has 0 amide bonds. The maximum atomic E-state index is 10.6. The van der Waals surface area contributed by atoms with E-state index in [1.54, 1.807) is 6.20 Å². The predicted molar refractivity (Wildman–Crippen MR) is 59.2 cm³/mol. The standard InChI is InChI=1S/C8H7N3O2S2/c1-4-2-9-7(14-4)11-8-10-3-5(15-8)6(12)13/h2-3H,1H3,(H,12,13)(H,9,10,11). The molecule has 2 heterocycles. The molecule has 0 unspecified atom stereocenters. The third kappa shape index (κ3) is 2.31. The lowest BCUT2D eigenvalue weighted by atomic mass is 10.6. The van der Waals surface area contributed by atoms with Crippen LogP contribution in [0.2, 0.25) is 0 Å². The van der Waals surface area contributed by atoms with Crippen molar-refractivity contribution in [3.05, 3.63) is 22.1 Å². The minimum atomic E-state index is -0.962. The quantitative estimate of drug-likeness (QED) is 0.862. The Morgan fingerprint density at radius 1 is 1.33 bits per heavy atom. The molecular formula is C8H7N3O2S2. The zero-order valence-corrected chi connectivity index (χ0v) is 9.35. The molecule has 15 heavy (non-hydrogen) atoms. The third-order valence-corrected chi connectivity index (χ3v) is 3.28. The normalized spacial score (nSPS) is 10.2. The molecule has 78 valence electrons. The number of nitrogens with zero attached hydrogens (tertiary/aromatic N) is 2. The Morgan fingerprint density at radius 2 is 2.00 bits per heavy atom. The maximum Gasteiger partial charge on any atom is 0.347 e. The van der Waals surface area contributed by atoms with E-state index in [1.807, 2.05) is 6.92 Å². The fourth-order valence-electron chi connectivity index (χ4n) is 0.935. The van der Waals surface area contributed by atoms with Crippen LogP contribution in [0, 0.1) is 6.92 Å². The summed E-state index contributed by atoms with van der Waals surface area (Å²) in [4.78, 5) is 19.9. The molecule has 2 N–H and O–H groups in total. The van der Waals surface area contributed by atoms with E-state index in [0.717, 1.165) is 21.3 Å². The zero-order valence-electron chi connectivity index (χ0n) is 7.72. The highest BCUT2D eigenvalue weighted by Crippen LogP contribution is 2.25. The summed E-state index contributed by atoms with van der Waals surface area (Å²) in [6, 6.07) is 0. The van der Waals surface area contributed by atoms with Crippen LogP contribution in [0.4, 0.5) is 10.3 Å². The number of aromatic nitrogens is 2. The minimum Gasteiger partial charge on any atom is -0.477 e. The molecule has 0 atom stereocenters. The van der Waals surface area contributed by atoms with Crippen molar-refractivity contribution in [2.24, 2.45) is 0 Å². The molecule has 0 radical (unpaired) electrons. The highest BCUT2D eigenvalue weighted by atomic mass is 32.1. The first-order chi connectivity index (χ1) is 7.15. The van der Waals surface area contributed by atoms with Crippen LogP contribution >= 0.6 is 22.7 Å². The van der Waals surface area contributed by atoms with E-state index in [0.29, 0.717) is 5.13 Å². The van der Waals surface area contributed by atoms with Gasteiger partial charge in [-0.2, -0.15) is 0 Å². The number of hydrogen-bond acceptors (Lipinski definition) is 6. The SMILES string of the molecule is Cc1cnc(Nc2ncc(C(=O)O)s2)s1. The van der Waals surface area contributed by atoms with Gasteiger partial charge in [0.25, 0.3) is 0 Å². The van der Waals surface area contributed by atoms with E-state index in [1.165, 1.54) is 17.5 Å². The second kappa shape index (κ2) is 3.95. The Labute approximate surface area is 93.4 Å². The molecule has 0 saturated carbocycles. The van der Waals surface area contributed by atoms with E-state index in [-0.39, 0.29) is 4.88 Å². The number of thiazole rings is 2. The number of carboxylic acids is 1. The van der Waals surface area contributed by atoms with Gasteiger partial charge in [0.1, 0.15) is 4.88 Å². The summed E-state index contributed by atoms with van der Waals surface area (Å²) in [6.45, 7) is 1.95. The van der Waals surface area contributed by atoms with E-state index >= 15 is 0 Å². The molecule has 2 rings (SSSR count). The summed E-state index contributed by atoms with van der Waals surface area (Å²) in [6.07, 6.45) is 3.08. The molecule has 0 spiro atoms. The molecule has 0 aromatic carbocycles. The van der Waals surface area contributed by atoms with Crippen LogP contribution in [0.25, 0.3) is 0 Å². The molecule has 7 heteroatoms. The molecule has 0 aliphatic carbocycles. The molecule has 2 aromatic heterocycles. The highest BCUT2D eigenvalue weighted by molar-refractivity contribution is 7.18. The number of rotatable bonds is 3. The first-order valence-corrected chi connectivity index (χ1v) is 5.67. The molecule has 0 saturated heterocycles. The number of anilines is 2. The van der Waals surface area contributed by atoms with E-state index in [9.17, 15) is 4.79 Å². The average Bonchev–Trinajstić information content (AvgIpc) is 2.76. The van der Waals surface area contributed by atoms with Crippen molar-refractivity contribution in [2.75, 3.05) is 5.32 Å². The monoisotopic (exact) mass is 241 g/mol. The second-order valence-electron chi connectivity index (χ2n) is 2.74. The molecule has 2 aromatic rings. The van der Waals surface area contributed by atoms with Crippen molar-refractivity contribution in [1.82, 2.24) is 9.97 Å². The van der Waals surface area contributed by atoms with E-state index in [2.05, 4.69) is 15.3 Å². The van der Waals surface area contributed by atoms with Gasteiger partial charge in [-0.15, -0.1) is 11.3 Å². The second-order valence-corrected chi connectivity index (χ2v) is 5.00. The van der Waals surface area contributed by atoms with Gasteiger partial charge in [-0.05, 0) is 6.92 Å². The fraction of sp³-hybridized carbons (Fsp3) is 0.125. The summed E-state index contributed by atoms with van der Waals surface area (Å²) in [5.74, 6) is -0.962. The summed E-state index contributed by atoms with van der Waals surface area (Å²) in [7, 11) is 0. The van der Waals surface area contributed by atoms with Gasteiger partial charge in [0.15, 0.2) is 10.3 Å². The van der Waals surface area contributed by atoms with Gasteiger partial charge in [-0.1, -0.05) is 11.3 Å². The zero-order chi connectivity index (χ0) is 10.8. The Morgan fingerprint density at radius 3 is 2.53 bits per heavy atom. The third-order valence-electron chi connectivity index (χ3n) is 1.55. The predicted octanol–water partition coefficient (Wildman–Crippen LogP) is 2.35. The van der Waals surface area contributed by atoms with Crippen molar-refractivity contribution in [1.29, 1.82) is 0 Å². The lowest BCUT2D eigenvalue weighted by molar-refractivity contribution is 0.0702. The lowest BCUT2D eigenvalue weighted by Gasteiger charge is -1.93. The lowest BCUT2D eigenvalue weighted by Crippen LogP contribution is -1.89. The van der Waals surface area contributed by atoms with Crippen LogP contribution in [-0.2, 0) is 0 Å². The van der Waals surface area contributed by atoms with Gasteiger partial charge < -0.3 is 10.4 Å². The van der Waals surface area contributed by atoms with Crippen LogP contribution in [0.5, 0.6) is 0 Å². The number of carbonyl (C=O) groups is 1. The largest absolute Gasteiger partial charge is 0.477 e. The fourth-order valence-corrected chi connectivity index (χ4v) is 2.32. The van der Waals surface area contributed by atoms with Crippen molar-refractivity contribution < 1.29 is 9.90 Å². The first-order valence-electron chi connectivity index (χ1n) is 4.04. The van der Waals surface area contributed by atoms with Gasteiger partial charge in [-0.3, -0.25) is 0 Å². The first kappa shape index (κ1) is 10.1. The Bertz CT molecular complexity index is 492. The van der Waals surface area contributed by atoms with Gasteiger partial charge in [-0.25, -0.2) is 14.8 Å². The molecule has 0 fully saturated rings. The summed E-state index contributed by atoms with van der Waals surface area (Å²) in [5, 5.41) is 12.9. The molecule has 0 aliphatic heterocycles. The summed E-state index contributed by atoms with van der Waals surface area (Å²) in [5.41, 5.74) is 0. The van der Waals surface area contributed by atoms with Gasteiger partial charge in [0.2, 0.25) is 0 Å². The highest BCUT2D eigenvalue weighted by Gasteiger charge is 2.09. The van der Waals surface area contributed by atoms with Gasteiger partial charge in [0.05, 0.1) is 6.20 Å². The van der Waals surface area contributed by atoms with E-state index < -0.39 is 5.97 Å². The molecule has 0 bridgehead atoms. The van der Waals surface area contributed by atoms with Gasteiger partial charge in [0, 0.05) is 11.1 Å². The van der Waals surface area contributed by atoms with Crippen LogP contribution in [0.1, 0.15) is 14.5 Å². The van der Waals surface area contributed by atoms with Gasteiger partial charge >= 0.3 is 5.97 Å². The van der Waals surface area contributed by atoms with Crippen LogP contribution < -0.4 is 5.32 Å². The van der Waals surface area contributed by atoms with Crippen LogP contribution in [-0.4, -0.2) is 21.0 Å². The van der Waals surface area contributed by atoms with Crippen LogP contribution in [0.3, 0.4) is 0 Å². The molecule has 5 nitrogen and oxygen atoms in total. The summed E-state index contributed by atoms with van der Waals surface area (Å²) < 4.78 is 0.